The largest absolute Gasteiger partial charge is 0.328 e. The van der Waals surface area contributed by atoms with Gasteiger partial charge in [-0.25, -0.2) is 18.9 Å². The van der Waals surface area contributed by atoms with E-state index in [0.29, 0.717) is 23.0 Å². The summed E-state index contributed by atoms with van der Waals surface area (Å²) >= 11 is 0. The molecule has 1 aromatic carbocycles. The van der Waals surface area contributed by atoms with Gasteiger partial charge in [0.15, 0.2) is 0 Å². The Labute approximate surface area is 214 Å². The number of pyridine rings is 1. The molecule has 0 fully saturated rings. The molecule has 0 radical (unpaired) electrons. The van der Waals surface area contributed by atoms with Gasteiger partial charge in [-0.2, -0.15) is 5.10 Å². The Bertz CT molecular complexity index is 1500. The van der Waals surface area contributed by atoms with Crippen LogP contribution < -0.4 is 10.6 Å². The number of nitrogens with zero attached hydrogens (tertiary/aromatic N) is 4. The van der Waals surface area contributed by atoms with Gasteiger partial charge in [0.2, 0.25) is 11.9 Å². The molecular weight excluding hydrogens is 467 g/mol. The maximum Gasteiger partial charge on any atom is 0.228 e. The third-order valence-corrected chi connectivity index (χ3v) is 5.33. The van der Waals surface area contributed by atoms with E-state index in [4.69, 9.17) is 10.1 Å². The molecule has 4 rings (SSSR count). The molecule has 0 spiro atoms. The van der Waals surface area contributed by atoms with E-state index >= 15 is 0 Å². The average Bonchev–Trinajstić information content (AvgIpc) is 3.29. The van der Waals surface area contributed by atoms with Crippen LogP contribution >= 0.6 is 0 Å². The fourth-order valence-corrected chi connectivity index (χ4v) is 3.72. The number of anilines is 2. The van der Waals surface area contributed by atoms with Crippen LogP contribution in [0.25, 0.3) is 28.0 Å². The van der Waals surface area contributed by atoms with Gasteiger partial charge in [0.05, 0.1) is 16.8 Å². The highest BCUT2D eigenvalue weighted by atomic mass is 19.1. The Hall–Kier alpha value is -4.85. The highest BCUT2D eigenvalue weighted by Gasteiger charge is 2.18. The van der Waals surface area contributed by atoms with E-state index in [1.165, 1.54) is 12.2 Å². The maximum absolute atomic E-state index is 12.3. The van der Waals surface area contributed by atoms with Gasteiger partial charge in [-0.3, -0.25) is 4.79 Å². The van der Waals surface area contributed by atoms with Crippen molar-refractivity contribution in [3.05, 3.63) is 110 Å². The summed E-state index contributed by atoms with van der Waals surface area (Å²) in [4.78, 5) is 21.4. The second-order valence-corrected chi connectivity index (χ2v) is 8.07. The van der Waals surface area contributed by atoms with Crippen molar-refractivity contribution < 1.29 is 9.18 Å². The predicted octanol–water partition coefficient (Wildman–Crippen LogP) is 6.37. The number of nitrogens with one attached hydrogen (secondary N) is 2. The summed E-state index contributed by atoms with van der Waals surface area (Å²) < 4.78 is 14.1. The molecule has 1 amide bonds. The summed E-state index contributed by atoms with van der Waals surface area (Å²) in [6.07, 6.45) is 13.8. The van der Waals surface area contributed by atoms with Crippen molar-refractivity contribution in [3.63, 3.8) is 0 Å². The molecule has 3 aromatic heterocycles. The van der Waals surface area contributed by atoms with Crippen molar-refractivity contribution in [1.29, 1.82) is 0 Å². The lowest BCUT2D eigenvalue weighted by Gasteiger charge is -2.09. The van der Waals surface area contributed by atoms with E-state index in [-0.39, 0.29) is 12.3 Å². The number of benzene rings is 1. The summed E-state index contributed by atoms with van der Waals surface area (Å²) in [6, 6.07) is 15.1. The summed E-state index contributed by atoms with van der Waals surface area (Å²) in [7, 11) is 0. The SMILES string of the molecule is C=C/C=C\C=C(/C)Nc1nccc(-c2c(-c3cccc(NC(=O)C/C=C/CF)c3)nn3ccccc23)n1. The first kappa shape index (κ1) is 25.2. The highest BCUT2D eigenvalue weighted by Crippen LogP contribution is 2.35. The van der Waals surface area contributed by atoms with E-state index in [0.717, 1.165) is 22.3 Å². The molecule has 2 N–H and O–H groups in total. The minimum atomic E-state index is -0.595. The number of aromatic nitrogens is 4. The Kier molecular flexibility index (Phi) is 8.33. The van der Waals surface area contributed by atoms with Crippen LogP contribution in [0.5, 0.6) is 0 Å². The molecule has 8 heteroatoms. The zero-order valence-corrected chi connectivity index (χ0v) is 20.4. The second-order valence-electron chi connectivity index (χ2n) is 8.07. The van der Waals surface area contributed by atoms with Crippen molar-refractivity contribution in [1.82, 2.24) is 19.6 Å². The fraction of sp³-hybridized carbons (Fsp3) is 0.103. The number of halogens is 1. The lowest BCUT2D eigenvalue weighted by molar-refractivity contribution is -0.115. The number of allylic oxidation sites excluding steroid dienone is 6. The summed E-state index contributed by atoms with van der Waals surface area (Å²) in [5.74, 6) is 0.233. The predicted molar refractivity (Wildman–Crippen MR) is 147 cm³/mol. The van der Waals surface area contributed by atoms with Gasteiger partial charge in [-0.1, -0.05) is 55.2 Å². The Morgan fingerprint density at radius 2 is 2.00 bits per heavy atom. The number of amides is 1. The molecule has 0 aliphatic rings. The van der Waals surface area contributed by atoms with Gasteiger partial charge < -0.3 is 10.6 Å². The quantitative estimate of drug-likeness (QED) is 0.198. The molecule has 4 aromatic rings. The van der Waals surface area contributed by atoms with Gasteiger partial charge in [-0.05, 0) is 43.3 Å². The summed E-state index contributed by atoms with van der Waals surface area (Å²) in [5.41, 5.74) is 5.45. The molecular formula is C29H27FN6O. The number of carbonyl (C=O) groups excluding carboxylic acids is 1. The first-order chi connectivity index (χ1) is 18.1. The molecule has 0 bridgehead atoms. The van der Waals surface area contributed by atoms with Crippen LogP contribution in [0.4, 0.5) is 16.0 Å². The molecule has 0 aliphatic heterocycles. The maximum atomic E-state index is 12.3. The number of hydrogen-bond donors (Lipinski definition) is 2. The van der Waals surface area contributed by atoms with Crippen LogP contribution in [0.2, 0.25) is 0 Å². The first-order valence-electron chi connectivity index (χ1n) is 11.7. The monoisotopic (exact) mass is 494 g/mol. The lowest BCUT2D eigenvalue weighted by atomic mass is 10.0. The molecule has 186 valence electrons. The zero-order valence-electron chi connectivity index (χ0n) is 20.4. The highest BCUT2D eigenvalue weighted by molar-refractivity contribution is 5.94. The van der Waals surface area contributed by atoms with Crippen LogP contribution in [0.15, 0.2) is 110 Å². The van der Waals surface area contributed by atoms with Crippen molar-refractivity contribution in [2.24, 2.45) is 0 Å². The van der Waals surface area contributed by atoms with Gasteiger partial charge in [0.25, 0.3) is 0 Å². The minimum absolute atomic E-state index is 0.0989. The summed E-state index contributed by atoms with van der Waals surface area (Å²) in [5, 5.41) is 10.9. The summed E-state index contributed by atoms with van der Waals surface area (Å²) in [6.45, 7) is 5.00. The molecule has 37 heavy (non-hydrogen) atoms. The smallest absolute Gasteiger partial charge is 0.228 e. The van der Waals surface area contributed by atoms with Gasteiger partial charge in [-0.15, -0.1) is 0 Å². The lowest BCUT2D eigenvalue weighted by Crippen LogP contribution is -2.09. The average molecular weight is 495 g/mol. The van der Waals surface area contributed by atoms with E-state index in [1.54, 1.807) is 22.9 Å². The minimum Gasteiger partial charge on any atom is -0.328 e. The van der Waals surface area contributed by atoms with Crippen molar-refractivity contribution in [2.75, 3.05) is 17.3 Å². The van der Waals surface area contributed by atoms with Crippen LogP contribution in [-0.4, -0.2) is 32.2 Å². The second kappa shape index (κ2) is 12.2. The number of rotatable bonds is 10. The molecule has 0 aliphatic carbocycles. The fourth-order valence-electron chi connectivity index (χ4n) is 3.72. The number of fused-ring (bicyclic) bond motifs is 1. The van der Waals surface area contributed by atoms with E-state index in [1.807, 2.05) is 73.8 Å². The third-order valence-electron chi connectivity index (χ3n) is 5.33. The zero-order chi connectivity index (χ0) is 26.0. The first-order valence-corrected chi connectivity index (χ1v) is 11.7. The van der Waals surface area contributed by atoms with Crippen LogP contribution in [0.1, 0.15) is 13.3 Å². The van der Waals surface area contributed by atoms with Gasteiger partial charge >= 0.3 is 0 Å². The molecule has 3 heterocycles. The number of alkyl halides is 1. The van der Waals surface area contributed by atoms with Crippen LogP contribution in [0.3, 0.4) is 0 Å². The van der Waals surface area contributed by atoms with Crippen molar-refractivity contribution >= 4 is 23.1 Å². The topological polar surface area (TPSA) is 84.2 Å². The molecule has 0 saturated heterocycles. The molecule has 0 atom stereocenters. The molecule has 7 nitrogen and oxygen atoms in total. The van der Waals surface area contributed by atoms with Crippen molar-refractivity contribution in [3.8, 4) is 22.5 Å². The van der Waals surface area contributed by atoms with Crippen LogP contribution in [0, 0.1) is 0 Å². The van der Waals surface area contributed by atoms with Crippen LogP contribution in [-0.2, 0) is 4.79 Å². The van der Waals surface area contributed by atoms with E-state index < -0.39 is 6.67 Å². The molecule has 0 saturated carbocycles. The van der Waals surface area contributed by atoms with E-state index in [2.05, 4.69) is 22.2 Å². The normalized spacial score (nSPS) is 11.9. The molecule has 0 unspecified atom stereocenters. The standard InChI is InChI=1S/C29H27FN6O/c1-3-4-5-11-21(2)32-29-31-18-16-24(34-29)27-25-14-7-9-19-36(25)35-28(27)22-12-10-13-23(20-22)33-26(37)15-6-8-17-30/h3-14,16,18-20H,1,15,17H2,2H3,(H,33,37)(H,31,32,34)/b5-4-,8-6+,21-11+. The van der Waals surface area contributed by atoms with Crippen molar-refractivity contribution in [2.45, 2.75) is 13.3 Å². The van der Waals surface area contributed by atoms with Gasteiger partial charge in [0, 0.05) is 35.8 Å². The number of carbonyl (C=O) groups is 1. The Morgan fingerprint density at radius 3 is 2.84 bits per heavy atom. The van der Waals surface area contributed by atoms with E-state index in [9.17, 15) is 9.18 Å². The number of hydrogen-bond acceptors (Lipinski definition) is 5. The Morgan fingerprint density at radius 1 is 1.11 bits per heavy atom. The third kappa shape index (κ3) is 6.43. The Balaban J connectivity index is 1.71. The van der Waals surface area contributed by atoms with Gasteiger partial charge in [0.1, 0.15) is 12.4 Å².